The molecule has 0 radical (unpaired) electrons. The fraction of sp³-hybridized carbons (Fsp3) is 0.417. The van der Waals surface area contributed by atoms with E-state index in [4.69, 9.17) is 4.98 Å². The van der Waals surface area contributed by atoms with Crippen molar-refractivity contribution in [2.45, 2.75) is 31.2 Å². The summed E-state index contributed by atoms with van der Waals surface area (Å²) in [6, 6.07) is 17.4. The highest BCUT2D eigenvalue weighted by Crippen LogP contribution is 2.34. The average Bonchev–Trinajstić information content (AvgIpc) is 3.38. The van der Waals surface area contributed by atoms with Gasteiger partial charge in [0.2, 0.25) is 5.91 Å². The minimum absolute atomic E-state index is 0.0169. The normalized spacial score (nSPS) is 21.7. The van der Waals surface area contributed by atoms with E-state index in [2.05, 4.69) is 17.0 Å². The molecule has 1 atom stereocenters. The monoisotopic (exact) mass is 469 g/mol. The number of carbonyl (C=O) groups is 1. The van der Waals surface area contributed by atoms with Crippen molar-refractivity contribution in [2.24, 2.45) is 0 Å². The molecule has 3 heterocycles. The number of aromatic nitrogens is 1. The number of amides is 1. The SMILES string of the molecule is O=C(CN1CCC(c2nc3ccccc3s2)CC1)N(c1ccccc1)[C@H]1CCS(=O)(=O)C1. The zero-order chi connectivity index (χ0) is 22.1. The lowest BCUT2D eigenvalue weighted by Gasteiger charge is -2.34. The lowest BCUT2D eigenvalue weighted by Crippen LogP contribution is -2.48. The number of hydrogen-bond acceptors (Lipinski definition) is 6. The molecule has 168 valence electrons. The first-order chi connectivity index (χ1) is 15.5. The Kier molecular flexibility index (Phi) is 6.01. The van der Waals surface area contributed by atoms with Crippen molar-refractivity contribution < 1.29 is 13.2 Å². The molecule has 6 nitrogen and oxygen atoms in total. The molecule has 0 aliphatic carbocycles. The van der Waals surface area contributed by atoms with Gasteiger partial charge in [-0.2, -0.15) is 0 Å². The van der Waals surface area contributed by atoms with Crippen LogP contribution in [0.2, 0.25) is 0 Å². The topological polar surface area (TPSA) is 70.6 Å². The number of benzene rings is 2. The van der Waals surface area contributed by atoms with Crippen molar-refractivity contribution in [2.75, 3.05) is 36.0 Å². The van der Waals surface area contributed by atoms with Crippen molar-refractivity contribution in [3.8, 4) is 0 Å². The second-order valence-corrected chi connectivity index (χ2v) is 12.0. The van der Waals surface area contributed by atoms with Gasteiger partial charge in [0.15, 0.2) is 9.84 Å². The number of fused-ring (bicyclic) bond motifs is 1. The van der Waals surface area contributed by atoms with E-state index < -0.39 is 9.84 Å². The number of sulfone groups is 1. The van der Waals surface area contributed by atoms with Gasteiger partial charge < -0.3 is 4.90 Å². The number of rotatable bonds is 5. The van der Waals surface area contributed by atoms with E-state index in [0.717, 1.165) is 37.1 Å². The quantitative estimate of drug-likeness (QED) is 0.570. The average molecular weight is 470 g/mol. The highest BCUT2D eigenvalue weighted by atomic mass is 32.2. The Bertz CT molecular complexity index is 1170. The molecule has 0 bridgehead atoms. The Morgan fingerprint density at radius 3 is 2.44 bits per heavy atom. The summed E-state index contributed by atoms with van der Waals surface area (Å²) in [5.41, 5.74) is 1.85. The van der Waals surface area contributed by atoms with E-state index >= 15 is 0 Å². The van der Waals surface area contributed by atoms with Gasteiger partial charge in [-0.3, -0.25) is 9.69 Å². The predicted octanol–water partition coefficient (Wildman–Crippen LogP) is 3.70. The lowest BCUT2D eigenvalue weighted by atomic mass is 9.97. The molecular weight excluding hydrogens is 442 g/mol. The van der Waals surface area contributed by atoms with Crippen LogP contribution in [0.4, 0.5) is 5.69 Å². The molecule has 0 unspecified atom stereocenters. The summed E-state index contributed by atoms with van der Waals surface area (Å²) in [4.78, 5) is 22.1. The van der Waals surface area contributed by atoms with Gasteiger partial charge in [-0.25, -0.2) is 13.4 Å². The van der Waals surface area contributed by atoms with Crippen LogP contribution in [0.3, 0.4) is 0 Å². The van der Waals surface area contributed by atoms with Gasteiger partial charge in [0.25, 0.3) is 0 Å². The summed E-state index contributed by atoms with van der Waals surface area (Å²) >= 11 is 1.78. The molecule has 0 spiro atoms. The number of para-hydroxylation sites is 2. The summed E-state index contributed by atoms with van der Waals surface area (Å²) < 4.78 is 25.4. The summed E-state index contributed by atoms with van der Waals surface area (Å²) in [6.07, 6.45) is 2.47. The molecule has 32 heavy (non-hydrogen) atoms. The fourth-order valence-electron chi connectivity index (χ4n) is 4.80. The minimum atomic E-state index is -3.08. The number of likely N-dealkylation sites (tertiary alicyclic amines) is 1. The maximum Gasteiger partial charge on any atom is 0.241 e. The lowest BCUT2D eigenvalue weighted by molar-refractivity contribution is -0.120. The minimum Gasteiger partial charge on any atom is -0.307 e. The largest absolute Gasteiger partial charge is 0.307 e. The van der Waals surface area contributed by atoms with Crippen LogP contribution in [0.25, 0.3) is 10.2 Å². The number of hydrogen-bond donors (Lipinski definition) is 0. The molecule has 8 heteroatoms. The molecule has 2 saturated heterocycles. The van der Waals surface area contributed by atoms with E-state index in [1.807, 2.05) is 42.5 Å². The molecule has 0 saturated carbocycles. The standard InChI is InChI=1S/C24H27N3O3S2/c28-23(27(19-6-2-1-3-7-19)20-12-15-32(29,30)17-20)16-26-13-10-18(11-14-26)24-25-21-8-4-5-9-22(21)31-24/h1-9,18,20H,10-17H2/t20-/m0/s1. The van der Waals surface area contributed by atoms with Crippen molar-refractivity contribution in [1.82, 2.24) is 9.88 Å². The molecule has 2 aliphatic rings. The zero-order valence-electron chi connectivity index (χ0n) is 17.9. The van der Waals surface area contributed by atoms with E-state index in [1.54, 1.807) is 16.2 Å². The number of anilines is 1. The van der Waals surface area contributed by atoms with Crippen molar-refractivity contribution in [1.29, 1.82) is 0 Å². The third kappa shape index (κ3) is 4.58. The first-order valence-corrected chi connectivity index (χ1v) is 13.8. The highest BCUT2D eigenvalue weighted by Gasteiger charge is 2.36. The van der Waals surface area contributed by atoms with Gasteiger partial charge >= 0.3 is 0 Å². The molecule has 1 amide bonds. The van der Waals surface area contributed by atoms with Gasteiger partial charge in [-0.15, -0.1) is 11.3 Å². The molecule has 2 aromatic carbocycles. The van der Waals surface area contributed by atoms with Crippen LogP contribution >= 0.6 is 11.3 Å². The summed E-state index contributed by atoms with van der Waals surface area (Å²) in [7, 11) is -3.08. The summed E-state index contributed by atoms with van der Waals surface area (Å²) in [6.45, 7) is 2.01. The van der Waals surface area contributed by atoms with E-state index in [1.165, 1.54) is 9.71 Å². The second-order valence-electron chi connectivity index (χ2n) is 8.73. The van der Waals surface area contributed by atoms with Crippen LogP contribution in [-0.2, 0) is 14.6 Å². The van der Waals surface area contributed by atoms with Crippen LogP contribution in [0.5, 0.6) is 0 Å². The summed E-state index contributed by atoms with van der Waals surface area (Å²) in [5, 5.41) is 1.19. The molecular formula is C24H27N3O3S2. The number of carbonyl (C=O) groups excluding carboxylic acids is 1. The van der Waals surface area contributed by atoms with Gasteiger partial charge in [-0.05, 0) is 56.6 Å². The van der Waals surface area contributed by atoms with Gasteiger partial charge in [0.05, 0.1) is 39.3 Å². The zero-order valence-corrected chi connectivity index (χ0v) is 19.5. The smallest absolute Gasteiger partial charge is 0.241 e. The molecule has 2 aliphatic heterocycles. The Morgan fingerprint density at radius 2 is 1.75 bits per heavy atom. The molecule has 2 fully saturated rings. The molecule has 3 aromatic rings. The number of nitrogens with zero attached hydrogens (tertiary/aromatic N) is 3. The van der Waals surface area contributed by atoms with Crippen molar-refractivity contribution in [3.63, 3.8) is 0 Å². The number of thiazole rings is 1. The Balaban J connectivity index is 1.25. The maximum atomic E-state index is 13.4. The molecule has 1 aromatic heterocycles. The highest BCUT2D eigenvalue weighted by molar-refractivity contribution is 7.91. The Hall–Kier alpha value is -2.29. The predicted molar refractivity (Wildman–Crippen MR) is 129 cm³/mol. The van der Waals surface area contributed by atoms with E-state index in [-0.39, 0.29) is 23.5 Å². The summed E-state index contributed by atoms with van der Waals surface area (Å²) in [5.74, 6) is 0.621. The van der Waals surface area contributed by atoms with Crippen LogP contribution < -0.4 is 4.90 Å². The van der Waals surface area contributed by atoms with E-state index in [9.17, 15) is 13.2 Å². The maximum absolute atomic E-state index is 13.4. The van der Waals surface area contributed by atoms with Crippen LogP contribution in [0.1, 0.15) is 30.2 Å². The Morgan fingerprint density at radius 1 is 1.03 bits per heavy atom. The number of piperidine rings is 1. The van der Waals surface area contributed by atoms with Crippen LogP contribution in [0.15, 0.2) is 54.6 Å². The van der Waals surface area contributed by atoms with Gasteiger partial charge in [-0.1, -0.05) is 30.3 Å². The van der Waals surface area contributed by atoms with Crippen LogP contribution in [0, 0.1) is 0 Å². The Labute approximate surface area is 192 Å². The first kappa shape index (κ1) is 21.6. The molecule has 5 rings (SSSR count). The van der Waals surface area contributed by atoms with Crippen LogP contribution in [-0.4, -0.2) is 61.4 Å². The third-order valence-corrected chi connectivity index (χ3v) is 9.43. The van der Waals surface area contributed by atoms with Crippen molar-refractivity contribution >= 4 is 43.0 Å². The van der Waals surface area contributed by atoms with E-state index in [0.29, 0.717) is 18.9 Å². The fourth-order valence-corrected chi connectivity index (χ4v) is 7.63. The second kappa shape index (κ2) is 8.92. The third-order valence-electron chi connectivity index (χ3n) is 6.48. The van der Waals surface area contributed by atoms with Gasteiger partial charge in [0, 0.05) is 11.6 Å². The van der Waals surface area contributed by atoms with Crippen molar-refractivity contribution in [3.05, 3.63) is 59.6 Å². The molecule has 0 N–H and O–H groups in total. The first-order valence-electron chi connectivity index (χ1n) is 11.1. The van der Waals surface area contributed by atoms with Gasteiger partial charge in [0.1, 0.15) is 0 Å².